The van der Waals surface area contributed by atoms with Crippen LogP contribution < -0.4 is 5.32 Å². The zero-order valence-corrected chi connectivity index (χ0v) is 12.6. The maximum Gasteiger partial charge on any atom is 0.305 e. The molecule has 0 saturated carbocycles. The molecule has 0 radical (unpaired) electrons. The largest absolute Gasteiger partial charge is 0.481 e. The van der Waals surface area contributed by atoms with Crippen LogP contribution >= 0.6 is 0 Å². The zero-order valence-electron chi connectivity index (χ0n) is 12.6. The molecule has 0 fully saturated rings. The third kappa shape index (κ3) is 3.72. The van der Waals surface area contributed by atoms with Crippen LogP contribution in [0.4, 0.5) is 0 Å². The summed E-state index contributed by atoms with van der Waals surface area (Å²) in [5.74, 6) is -1.14. The molecule has 0 unspecified atom stereocenters. The Morgan fingerprint density at radius 2 is 2.09 bits per heavy atom. The van der Waals surface area contributed by atoms with Crippen molar-refractivity contribution in [3.05, 3.63) is 35.4 Å². The topological polar surface area (TPSA) is 102 Å². The maximum absolute atomic E-state index is 12.0. The number of aryl methyl sites for hydroxylation is 2. The van der Waals surface area contributed by atoms with Gasteiger partial charge in [-0.2, -0.15) is 10.2 Å². The fraction of sp³-hybridized carbons (Fsp3) is 0.429. The average molecular weight is 305 g/mol. The van der Waals surface area contributed by atoms with E-state index in [-0.39, 0.29) is 18.9 Å². The molecule has 0 aliphatic heterocycles. The quantitative estimate of drug-likeness (QED) is 0.788. The second-order valence-electron chi connectivity index (χ2n) is 4.89. The van der Waals surface area contributed by atoms with E-state index in [9.17, 15) is 9.59 Å². The van der Waals surface area contributed by atoms with Gasteiger partial charge < -0.3 is 10.4 Å². The fourth-order valence-electron chi connectivity index (χ4n) is 2.07. The van der Waals surface area contributed by atoms with Crippen LogP contribution in [0.5, 0.6) is 0 Å². The predicted molar refractivity (Wildman–Crippen MR) is 78.3 cm³/mol. The molecule has 2 heterocycles. The number of carboxylic acid groups (broad SMARTS) is 1. The normalized spacial score (nSPS) is 10.6. The SMILES string of the molecule is CCn1ncc(CNC(=O)c2cnn(CCC(=O)O)c2)c1C. The molecule has 8 nitrogen and oxygen atoms in total. The molecule has 22 heavy (non-hydrogen) atoms. The van der Waals surface area contributed by atoms with E-state index in [1.165, 1.54) is 10.9 Å². The van der Waals surface area contributed by atoms with E-state index in [4.69, 9.17) is 5.11 Å². The number of amides is 1. The molecule has 0 aromatic carbocycles. The molecule has 0 bridgehead atoms. The third-order valence-corrected chi connectivity index (χ3v) is 3.39. The number of aliphatic carboxylic acids is 1. The van der Waals surface area contributed by atoms with Crippen LogP contribution in [0.15, 0.2) is 18.6 Å². The van der Waals surface area contributed by atoms with Gasteiger partial charge in [-0.3, -0.25) is 19.0 Å². The van der Waals surface area contributed by atoms with Gasteiger partial charge in [-0.05, 0) is 13.8 Å². The van der Waals surface area contributed by atoms with Crippen molar-refractivity contribution in [3.63, 3.8) is 0 Å². The Kier molecular flexibility index (Phi) is 4.92. The van der Waals surface area contributed by atoms with Crippen molar-refractivity contribution in [2.24, 2.45) is 0 Å². The van der Waals surface area contributed by atoms with E-state index in [2.05, 4.69) is 15.5 Å². The van der Waals surface area contributed by atoms with Crippen LogP contribution in [-0.2, 0) is 24.4 Å². The van der Waals surface area contributed by atoms with Crippen LogP contribution in [0.3, 0.4) is 0 Å². The first-order valence-corrected chi connectivity index (χ1v) is 7.05. The summed E-state index contributed by atoms with van der Waals surface area (Å²) in [6, 6.07) is 0. The number of carbonyl (C=O) groups is 2. The average Bonchev–Trinajstić information content (AvgIpc) is 3.09. The summed E-state index contributed by atoms with van der Waals surface area (Å²) < 4.78 is 3.31. The Morgan fingerprint density at radius 3 is 2.73 bits per heavy atom. The Hall–Kier alpha value is -2.64. The molecule has 2 aromatic rings. The highest BCUT2D eigenvalue weighted by Crippen LogP contribution is 2.07. The summed E-state index contributed by atoms with van der Waals surface area (Å²) in [5, 5.41) is 19.6. The summed E-state index contributed by atoms with van der Waals surface area (Å²) in [6.07, 6.45) is 4.69. The van der Waals surface area contributed by atoms with Gasteiger partial charge in [0.05, 0.1) is 30.9 Å². The number of carbonyl (C=O) groups excluding carboxylic acids is 1. The molecule has 118 valence electrons. The van der Waals surface area contributed by atoms with Crippen molar-refractivity contribution in [1.29, 1.82) is 0 Å². The Balaban J connectivity index is 1.92. The Morgan fingerprint density at radius 1 is 1.32 bits per heavy atom. The molecule has 0 aliphatic rings. The van der Waals surface area contributed by atoms with Crippen molar-refractivity contribution in [1.82, 2.24) is 24.9 Å². The number of nitrogens with zero attached hydrogens (tertiary/aromatic N) is 4. The molecule has 2 rings (SSSR count). The Labute approximate surface area is 127 Å². The minimum absolute atomic E-state index is 0.0296. The van der Waals surface area contributed by atoms with E-state index in [0.717, 1.165) is 17.8 Å². The van der Waals surface area contributed by atoms with E-state index in [1.54, 1.807) is 12.4 Å². The number of aromatic nitrogens is 4. The lowest BCUT2D eigenvalue weighted by Crippen LogP contribution is -2.22. The summed E-state index contributed by atoms with van der Waals surface area (Å²) in [7, 11) is 0. The van der Waals surface area contributed by atoms with E-state index in [1.807, 2.05) is 18.5 Å². The van der Waals surface area contributed by atoms with Gasteiger partial charge in [0.2, 0.25) is 0 Å². The summed E-state index contributed by atoms with van der Waals surface area (Å²) in [4.78, 5) is 22.6. The first-order chi connectivity index (χ1) is 10.5. The van der Waals surface area contributed by atoms with Crippen LogP contribution in [-0.4, -0.2) is 36.5 Å². The highest BCUT2D eigenvalue weighted by atomic mass is 16.4. The molecule has 0 aliphatic carbocycles. The van der Waals surface area contributed by atoms with Gasteiger partial charge in [-0.25, -0.2) is 0 Å². The van der Waals surface area contributed by atoms with E-state index < -0.39 is 5.97 Å². The van der Waals surface area contributed by atoms with Gasteiger partial charge >= 0.3 is 5.97 Å². The highest BCUT2D eigenvalue weighted by molar-refractivity contribution is 5.93. The number of hydrogen-bond acceptors (Lipinski definition) is 4. The first kappa shape index (κ1) is 15.7. The molecule has 0 spiro atoms. The van der Waals surface area contributed by atoms with E-state index >= 15 is 0 Å². The first-order valence-electron chi connectivity index (χ1n) is 7.05. The standard InChI is InChI=1S/C14H19N5O3/c1-3-19-10(2)11(7-17-19)6-15-14(22)12-8-16-18(9-12)5-4-13(20)21/h7-9H,3-6H2,1-2H3,(H,15,22)(H,20,21). The summed E-state index contributed by atoms with van der Waals surface area (Å²) in [6.45, 7) is 5.39. The smallest absolute Gasteiger partial charge is 0.305 e. The molecule has 0 saturated heterocycles. The number of rotatable bonds is 7. The minimum Gasteiger partial charge on any atom is -0.481 e. The van der Waals surface area contributed by atoms with E-state index in [0.29, 0.717) is 12.1 Å². The number of hydrogen-bond donors (Lipinski definition) is 2. The molecule has 1 amide bonds. The molecule has 8 heteroatoms. The number of carboxylic acids is 1. The lowest BCUT2D eigenvalue weighted by Gasteiger charge is -2.04. The van der Waals surface area contributed by atoms with Gasteiger partial charge in [0.25, 0.3) is 5.91 Å². The predicted octanol–water partition coefficient (Wildman–Crippen LogP) is 0.813. The van der Waals surface area contributed by atoms with Gasteiger partial charge in [0.15, 0.2) is 0 Å². The molecular formula is C14H19N5O3. The van der Waals surface area contributed by atoms with Gasteiger partial charge in [0.1, 0.15) is 0 Å². The van der Waals surface area contributed by atoms with Gasteiger partial charge in [-0.15, -0.1) is 0 Å². The van der Waals surface area contributed by atoms with Crippen LogP contribution in [0.25, 0.3) is 0 Å². The fourth-order valence-corrected chi connectivity index (χ4v) is 2.07. The van der Waals surface area contributed by atoms with Crippen molar-refractivity contribution in [2.75, 3.05) is 0 Å². The van der Waals surface area contributed by atoms with Crippen molar-refractivity contribution < 1.29 is 14.7 Å². The molecular weight excluding hydrogens is 286 g/mol. The second kappa shape index (κ2) is 6.88. The van der Waals surface area contributed by atoms with Crippen LogP contribution in [0, 0.1) is 6.92 Å². The minimum atomic E-state index is -0.898. The van der Waals surface area contributed by atoms with Crippen LogP contribution in [0.1, 0.15) is 35.0 Å². The second-order valence-corrected chi connectivity index (χ2v) is 4.89. The zero-order chi connectivity index (χ0) is 16.1. The van der Waals surface area contributed by atoms with Gasteiger partial charge in [-0.1, -0.05) is 0 Å². The highest BCUT2D eigenvalue weighted by Gasteiger charge is 2.11. The lowest BCUT2D eigenvalue weighted by molar-refractivity contribution is -0.137. The maximum atomic E-state index is 12.0. The van der Waals surface area contributed by atoms with Gasteiger partial charge in [0, 0.05) is 30.5 Å². The monoisotopic (exact) mass is 305 g/mol. The summed E-state index contributed by atoms with van der Waals surface area (Å²) in [5.41, 5.74) is 2.40. The Bertz CT molecular complexity index is 674. The lowest BCUT2D eigenvalue weighted by atomic mass is 10.2. The van der Waals surface area contributed by atoms with Crippen LogP contribution in [0.2, 0.25) is 0 Å². The molecule has 2 aromatic heterocycles. The number of nitrogens with one attached hydrogen (secondary N) is 1. The summed E-state index contributed by atoms with van der Waals surface area (Å²) >= 11 is 0. The van der Waals surface area contributed by atoms with Crippen molar-refractivity contribution >= 4 is 11.9 Å². The van der Waals surface area contributed by atoms with Crippen molar-refractivity contribution in [2.45, 2.75) is 39.9 Å². The third-order valence-electron chi connectivity index (χ3n) is 3.39. The molecule has 0 atom stereocenters. The van der Waals surface area contributed by atoms with Crippen molar-refractivity contribution in [3.8, 4) is 0 Å². The molecule has 2 N–H and O–H groups in total.